The highest BCUT2D eigenvalue weighted by atomic mass is 31.2. The van der Waals surface area contributed by atoms with Gasteiger partial charge in [0.2, 0.25) is 0 Å². The lowest BCUT2D eigenvalue weighted by molar-refractivity contribution is 0.295. The number of hydrogen-bond acceptors (Lipinski definition) is 2. The van der Waals surface area contributed by atoms with Crippen LogP contribution in [0.3, 0.4) is 0 Å². The predicted octanol–water partition coefficient (Wildman–Crippen LogP) is 2.33. The Hall–Kier alpha value is -0.170. The van der Waals surface area contributed by atoms with E-state index in [1.54, 1.807) is 12.2 Å². The first-order valence-corrected chi connectivity index (χ1v) is 4.65. The van der Waals surface area contributed by atoms with E-state index in [4.69, 9.17) is 9.05 Å². The molecule has 0 aliphatic carbocycles. The first-order chi connectivity index (χ1) is 4.81. The van der Waals surface area contributed by atoms with E-state index < -0.39 is 8.38 Å². The minimum Gasteiger partial charge on any atom is -0.330 e. The topological polar surface area (TPSA) is 18.5 Å². The van der Waals surface area contributed by atoms with Crippen LogP contribution >= 0.6 is 8.38 Å². The maximum absolute atomic E-state index is 5.17. The van der Waals surface area contributed by atoms with Gasteiger partial charge in [0.25, 0.3) is 0 Å². The van der Waals surface area contributed by atoms with Crippen LogP contribution in [-0.2, 0) is 9.05 Å². The monoisotopic (exact) mass is 160 g/mol. The number of hydrogen-bond donors (Lipinski definition) is 0. The van der Waals surface area contributed by atoms with Crippen LogP contribution in [0, 0.1) is 0 Å². The Labute approximate surface area is 63.4 Å². The Kier molecular flexibility index (Phi) is 6.83. The summed E-state index contributed by atoms with van der Waals surface area (Å²) in [6, 6.07) is 0. The fourth-order valence-corrected chi connectivity index (χ4v) is 1.06. The third-order valence-electron chi connectivity index (χ3n) is 0.748. The summed E-state index contributed by atoms with van der Waals surface area (Å²) in [7, 11) is -0.735. The van der Waals surface area contributed by atoms with E-state index in [2.05, 4.69) is 13.2 Å². The second-order valence-corrected chi connectivity index (χ2v) is 3.00. The van der Waals surface area contributed by atoms with E-state index in [-0.39, 0.29) is 0 Å². The van der Waals surface area contributed by atoms with E-state index >= 15 is 0 Å². The highest BCUT2D eigenvalue weighted by Crippen LogP contribution is 2.32. The Morgan fingerprint density at radius 2 is 1.60 bits per heavy atom. The van der Waals surface area contributed by atoms with Crippen molar-refractivity contribution < 1.29 is 9.05 Å². The van der Waals surface area contributed by atoms with Crippen LogP contribution in [-0.4, -0.2) is 19.9 Å². The molecule has 0 saturated carbocycles. The van der Waals surface area contributed by atoms with Crippen molar-refractivity contribution in [3.8, 4) is 0 Å². The van der Waals surface area contributed by atoms with Gasteiger partial charge in [-0.15, -0.1) is 13.2 Å². The molecule has 0 unspecified atom stereocenters. The molecule has 0 aliphatic rings. The molecule has 3 heteroatoms. The Morgan fingerprint density at radius 1 is 1.20 bits per heavy atom. The van der Waals surface area contributed by atoms with Crippen molar-refractivity contribution >= 4 is 8.38 Å². The maximum atomic E-state index is 5.17. The van der Waals surface area contributed by atoms with Gasteiger partial charge in [-0.2, -0.15) is 0 Å². The van der Waals surface area contributed by atoms with Gasteiger partial charge in [0.15, 0.2) is 8.38 Å². The van der Waals surface area contributed by atoms with Crippen molar-refractivity contribution in [1.29, 1.82) is 0 Å². The first kappa shape index (κ1) is 9.83. The zero-order valence-corrected chi connectivity index (χ0v) is 7.14. The second-order valence-electron chi connectivity index (χ2n) is 1.61. The zero-order valence-electron chi connectivity index (χ0n) is 6.25. The van der Waals surface area contributed by atoms with Gasteiger partial charge >= 0.3 is 0 Å². The highest BCUT2D eigenvalue weighted by Gasteiger charge is 1.97. The van der Waals surface area contributed by atoms with Gasteiger partial charge < -0.3 is 9.05 Å². The van der Waals surface area contributed by atoms with Crippen LogP contribution in [0.4, 0.5) is 0 Å². The Balaban J connectivity index is 3.15. The van der Waals surface area contributed by atoms with Gasteiger partial charge in [-0.25, -0.2) is 0 Å². The van der Waals surface area contributed by atoms with Crippen LogP contribution in [0.25, 0.3) is 0 Å². The molecule has 0 aromatic rings. The summed E-state index contributed by atoms with van der Waals surface area (Å²) in [5, 5.41) is 0. The van der Waals surface area contributed by atoms with Crippen LogP contribution in [0.15, 0.2) is 25.3 Å². The molecule has 0 saturated heterocycles. The van der Waals surface area contributed by atoms with E-state index in [9.17, 15) is 0 Å². The lowest BCUT2D eigenvalue weighted by Crippen LogP contribution is -1.88. The van der Waals surface area contributed by atoms with Gasteiger partial charge in [0.1, 0.15) is 0 Å². The molecule has 0 heterocycles. The van der Waals surface area contributed by atoms with Crippen molar-refractivity contribution in [2.75, 3.05) is 19.9 Å². The molecule has 0 amide bonds. The van der Waals surface area contributed by atoms with Crippen LogP contribution in [0.5, 0.6) is 0 Å². The molecular weight excluding hydrogens is 147 g/mol. The lowest BCUT2D eigenvalue weighted by Gasteiger charge is -2.08. The molecule has 0 bridgehead atoms. The van der Waals surface area contributed by atoms with Crippen LogP contribution in [0.1, 0.15) is 0 Å². The summed E-state index contributed by atoms with van der Waals surface area (Å²) in [4.78, 5) is 0. The summed E-state index contributed by atoms with van der Waals surface area (Å²) >= 11 is 0. The number of rotatable bonds is 6. The summed E-state index contributed by atoms with van der Waals surface area (Å²) < 4.78 is 10.3. The molecule has 2 nitrogen and oxygen atoms in total. The Morgan fingerprint density at radius 3 is 1.90 bits per heavy atom. The average molecular weight is 160 g/mol. The van der Waals surface area contributed by atoms with Gasteiger partial charge in [-0.05, 0) is 0 Å². The highest BCUT2D eigenvalue weighted by molar-refractivity contribution is 7.46. The van der Waals surface area contributed by atoms with Crippen molar-refractivity contribution in [1.82, 2.24) is 0 Å². The standard InChI is InChI=1S/C7H13O2P/c1-4-6-8-10(3)9-7-5-2/h4-5H,1-2,6-7H2,3H3. The van der Waals surface area contributed by atoms with Gasteiger partial charge in [-0.3, -0.25) is 0 Å². The van der Waals surface area contributed by atoms with E-state index in [1.807, 2.05) is 6.66 Å². The third kappa shape index (κ3) is 5.96. The maximum Gasteiger partial charge on any atom is 0.167 e. The van der Waals surface area contributed by atoms with E-state index in [0.717, 1.165) is 0 Å². The normalized spacial score (nSPS) is 9.80. The molecule has 0 radical (unpaired) electrons. The molecule has 10 heavy (non-hydrogen) atoms. The van der Waals surface area contributed by atoms with Gasteiger partial charge in [0, 0.05) is 6.66 Å². The molecule has 0 spiro atoms. The largest absolute Gasteiger partial charge is 0.330 e. The molecule has 0 fully saturated rings. The smallest absolute Gasteiger partial charge is 0.167 e. The molecule has 58 valence electrons. The molecular formula is C7H13O2P. The van der Waals surface area contributed by atoms with Crippen LogP contribution in [0.2, 0.25) is 0 Å². The average Bonchev–Trinajstić information content (AvgIpc) is 1.97. The van der Waals surface area contributed by atoms with Crippen molar-refractivity contribution in [3.05, 3.63) is 25.3 Å². The van der Waals surface area contributed by atoms with Gasteiger partial charge in [-0.1, -0.05) is 12.2 Å². The fraction of sp³-hybridized carbons (Fsp3) is 0.429. The van der Waals surface area contributed by atoms with Crippen molar-refractivity contribution in [3.63, 3.8) is 0 Å². The SMILES string of the molecule is C=CCOP(C)OCC=C. The summed E-state index contributed by atoms with van der Waals surface area (Å²) in [6.45, 7) is 10.1. The predicted molar refractivity (Wildman–Crippen MR) is 45.1 cm³/mol. The molecule has 0 aromatic heterocycles. The van der Waals surface area contributed by atoms with Gasteiger partial charge in [0.05, 0.1) is 13.2 Å². The lowest BCUT2D eigenvalue weighted by atomic mass is 10.7. The molecule has 0 rings (SSSR count). The van der Waals surface area contributed by atoms with Crippen molar-refractivity contribution in [2.45, 2.75) is 0 Å². The first-order valence-electron chi connectivity index (χ1n) is 3.02. The molecule has 0 atom stereocenters. The molecule has 0 N–H and O–H groups in total. The van der Waals surface area contributed by atoms with Crippen molar-refractivity contribution in [2.24, 2.45) is 0 Å². The third-order valence-corrected chi connectivity index (χ3v) is 1.77. The molecule has 0 aliphatic heterocycles. The van der Waals surface area contributed by atoms with E-state index in [0.29, 0.717) is 13.2 Å². The second kappa shape index (κ2) is 6.94. The van der Waals surface area contributed by atoms with Crippen LogP contribution < -0.4 is 0 Å². The minimum absolute atomic E-state index is 0.555. The van der Waals surface area contributed by atoms with E-state index in [1.165, 1.54) is 0 Å². The summed E-state index contributed by atoms with van der Waals surface area (Å²) in [5.41, 5.74) is 0. The quantitative estimate of drug-likeness (QED) is 0.438. The minimum atomic E-state index is -0.735. The Bertz CT molecular complexity index is 91.8. The fourth-order valence-electron chi connectivity index (χ4n) is 0.353. The summed E-state index contributed by atoms with van der Waals surface area (Å²) in [5.74, 6) is 0. The summed E-state index contributed by atoms with van der Waals surface area (Å²) in [6.07, 6.45) is 3.41. The molecule has 0 aromatic carbocycles. The zero-order chi connectivity index (χ0) is 7.82.